The second-order valence-corrected chi connectivity index (χ2v) is 8.39. The lowest BCUT2D eigenvalue weighted by atomic mass is 10.0. The van der Waals surface area contributed by atoms with Crippen LogP contribution in [0.4, 0.5) is 0 Å². The Labute approximate surface area is 153 Å². The SMILES string of the molecule is Cc1cccn2ncc(C(=O)NC3CCN(C4CCSCC4)CC3)c12. The second kappa shape index (κ2) is 7.38. The van der Waals surface area contributed by atoms with Crippen molar-refractivity contribution in [1.82, 2.24) is 19.8 Å². The molecule has 25 heavy (non-hydrogen) atoms. The minimum Gasteiger partial charge on any atom is -0.349 e. The Kier molecular flexibility index (Phi) is 4.99. The normalized spacial score (nSPS) is 20.8. The van der Waals surface area contributed by atoms with Gasteiger partial charge in [-0.25, -0.2) is 4.52 Å². The number of aryl methyl sites for hydroxylation is 1. The molecule has 0 aliphatic carbocycles. The maximum atomic E-state index is 12.7. The number of amides is 1. The fourth-order valence-electron chi connectivity index (χ4n) is 4.10. The number of aromatic nitrogens is 2. The van der Waals surface area contributed by atoms with E-state index in [0.717, 1.165) is 43.1 Å². The molecule has 2 saturated heterocycles. The van der Waals surface area contributed by atoms with Crippen molar-refractivity contribution in [2.24, 2.45) is 0 Å². The van der Waals surface area contributed by atoms with Gasteiger partial charge in [0.25, 0.3) is 5.91 Å². The third kappa shape index (κ3) is 3.55. The van der Waals surface area contributed by atoms with Crippen molar-refractivity contribution in [1.29, 1.82) is 0 Å². The monoisotopic (exact) mass is 358 g/mol. The molecule has 0 spiro atoms. The van der Waals surface area contributed by atoms with E-state index >= 15 is 0 Å². The minimum atomic E-state index is 0.0109. The zero-order valence-corrected chi connectivity index (χ0v) is 15.6. The van der Waals surface area contributed by atoms with E-state index in [9.17, 15) is 4.79 Å². The first-order chi connectivity index (χ1) is 12.2. The van der Waals surface area contributed by atoms with Gasteiger partial charge in [-0.1, -0.05) is 6.07 Å². The Bertz CT molecular complexity index is 745. The summed E-state index contributed by atoms with van der Waals surface area (Å²) in [6, 6.07) is 5.02. The van der Waals surface area contributed by atoms with Crippen molar-refractivity contribution in [2.45, 2.75) is 44.7 Å². The first kappa shape index (κ1) is 16.9. The van der Waals surface area contributed by atoms with Crippen molar-refractivity contribution in [3.8, 4) is 0 Å². The van der Waals surface area contributed by atoms with E-state index in [4.69, 9.17) is 0 Å². The van der Waals surface area contributed by atoms with Gasteiger partial charge in [-0.2, -0.15) is 16.9 Å². The molecule has 0 atom stereocenters. The van der Waals surface area contributed by atoms with Crippen LogP contribution in [0.3, 0.4) is 0 Å². The van der Waals surface area contributed by atoms with Gasteiger partial charge in [0, 0.05) is 31.4 Å². The first-order valence-electron chi connectivity index (χ1n) is 9.28. The summed E-state index contributed by atoms with van der Waals surface area (Å²) in [5, 5.41) is 7.55. The van der Waals surface area contributed by atoms with Gasteiger partial charge < -0.3 is 10.2 Å². The molecule has 2 aromatic heterocycles. The molecule has 0 aromatic carbocycles. The molecule has 2 aromatic rings. The summed E-state index contributed by atoms with van der Waals surface area (Å²) < 4.78 is 1.79. The molecule has 0 bridgehead atoms. The van der Waals surface area contributed by atoms with E-state index in [1.807, 2.05) is 25.3 Å². The van der Waals surface area contributed by atoms with Crippen molar-refractivity contribution in [2.75, 3.05) is 24.6 Å². The van der Waals surface area contributed by atoms with E-state index in [1.165, 1.54) is 24.3 Å². The van der Waals surface area contributed by atoms with Crippen molar-refractivity contribution in [3.05, 3.63) is 35.7 Å². The highest BCUT2D eigenvalue weighted by Crippen LogP contribution is 2.25. The number of piperidine rings is 1. The Morgan fingerprint density at radius 1 is 1.24 bits per heavy atom. The number of carbonyl (C=O) groups excluding carboxylic acids is 1. The molecular weight excluding hydrogens is 332 g/mol. The molecule has 134 valence electrons. The first-order valence-corrected chi connectivity index (χ1v) is 10.4. The smallest absolute Gasteiger partial charge is 0.255 e. The van der Waals surface area contributed by atoms with Crippen LogP contribution in [0.2, 0.25) is 0 Å². The Hall–Kier alpha value is -1.53. The molecule has 4 heterocycles. The lowest BCUT2D eigenvalue weighted by molar-refractivity contribution is 0.0888. The molecule has 2 fully saturated rings. The molecule has 5 nitrogen and oxygen atoms in total. The Balaban J connectivity index is 1.37. The summed E-state index contributed by atoms with van der Waals surface area (Å²) in [5.41, 5.74) is 2.68. The molecule has 2 aliphatic heterocycles. The zero-order valence-electron chi connectivity index (χ0n) is 14.8. The largest absolute Gasteiger partial charge is 0.349 e. The van der Waals surface area contributed by atoms with Crippen molar-refractivity contribution >= 4 is 23.2 Å². The average Bonchev–Trinajstić information content (AvgIpc) is 3.09. The van der Waals surface area contributed by atoms with Crippen LogP contribution < -0.4 is 5.32 Å². The third-order valence-electron chi connectivity index (χ3n) is 5.56. The van der Waals surface area contributed by atoms with E-state index < -0.39 is 0 Å². The summed E-state index contributed by atoms with van der Waals surface area (Å²) in [4.78, 5) is 15.4. The number of thioether (sulfide) groups is 1. The molecule has 0 radical (unpaired) electrons. The van der Waals surface area contributed by atoms with Crippen molar-refractivity contribution < 1.29 is 4.79 Å². The highest BCUT2D eigenvalue weighted by atomic mass is 32.2. The van der Waals surface area contributed by atoms with Crippen LogP contribution in [-0.2, 0) is 0 Å². The summed E-state index contributed by atoms with van der Waals surface area (Å²) in [6.45, 7) is 4.23. The summed E-state index contributed by atoms with van der Waals surface area (Å²) >= 11 is 2.08. The van der Waals surface area contributed by atoms with Gasteiger partial charge >= 0.3 is 0 Å². The lowest BCUT2D eigenvalue weighted by Gasteiger charge is -2.39. The van der Waals surface area contributed by atoms with Crippen molar-refractivity contribution in [3.63, 3.8) is 0 Å². The van der Waals surface area contributed by atoms with E-state index in [2.05, 4.69) is 27.1 Å². The third-order valence-corrected chi connectivity index (χ3v) is 6.61. The van der Waals surface area contributed by atoms with E-state index in [1.54, 1.807) is 10.7 Å². The van der Waals surface area contributed by atoms with Crippen LogP contribution in [0.1, 0.15) is 41.6 Å². The van der Waals surface area contributed by atoms with Crippen LogP contribution >= 0.6 is 11.8 Å². The number of hydrogen-bond acceptors (Lipinski definition) is 4. The van der Waals surface area contributed by atoms with Crippen LogP contribution in [0.15, 0.2) is 24.5 Å². The quantitative estimate of drug-likeness (QED) is 0.917. The van der Waals surface area contributed by atoms with Crippen LogP contribution in [-0.4, -0.2) is 57.1 Å². The maximum absolute atomic E-state index is 12.7. The van der Waals surface area contributed by atoms with Gasteiger partial charge in [-0.05, 0) is 55.7 Å². The van der Waals surface area contributed by atoms with E-state index in [-0.39, 0.29) is 11.9 Å². The fourth-order valence-corrected chi connectivity index (χ4v) is 5.19. The predicted octanol–water partition coefficient (Wildman–Crippen LogP) is 2.73. The molecule has 6 heteroatoms. The Morgan fingerprint density at radius 2 is 2.00 bits per heavy atom. The molecule has 0 unspecified atom stereocenters. The highest BCUT2D eigenvalue weighted by molar-refractivity contribution is 7.99. The predicted molar refractivity (Wildman–Crippen MR) is 102 cm³/mol. The van der Waals surface area contributed by atoms with Gasteiger partial charge in [0.15, 0.2) is 0 Å². The van der Waals surface area contributed by atoms with Gasteiger partial charge in [0.05, 0.1) is 17.3 Å². The van der Waals surface area contributed by atoms with Crippen LogP contribution in [0, 0.1) is 6.92 Å². The molecule has 1 N–H and O–H groups in total. The number of fused-ring (bicyclic) bond motifs is 1. The van der Waals surface area contributed by atoms with Crippen LogP contribution in [0.25, 0.3) is 5.52 Å². The summed E-state index contributed by atoms with van der Waals surface area (Å²) in [7, 11) is 0. The van der Waals surface area contributed by atoms with E-state index in [0.29, 0.717) is 5.56 Å². The van der Waals surface area contributed by atoms with Gasteiger partial charge in [-0.15, -0.1) is 0 Å². The molecule has 0 saturated carbocycles. The topological polar surface area (TPSA) is 49.6 Å². The summed E-state index contributed by atoms with van der Waals surface area (Å²) in [5.74, 6) is 2.61. The minimum absolute atomic E-state index is 0.0109. The molecule has 4 rings (SSSR count). The van der Waals surface area contributed by atoms with Gasteiger partial charge in [0.1, 0.15) is 0 Å². The maximum Gasteiger partial charge on any atom is 0.255 e. The number of hydrogen-bond donors (Lipinski definition) is 1. The molecular formula is C19H26N4OS. The van der Waals surface area contributed by atoms with Gasteiger partial charge in [0.2, 0.25) is 0 Å². The number of nitrogens with one attached hydrogen (secondary N) is 1. The van der Waals surface area contributed by atoms with Crippen LogP contribution in [0.5, 0.6) is 0 Å². The number of pyridine rings is 1. The van der Waals surface area contributed by atoms with Gasteiger partial charge in [-0.3, -0.25) is 4.79 Å². The lowest BCUT2D eigenvalue weighted by Crippen LogP contribution is -2.48. The second-order valence-electron chi connectivity index (χ2n) is 7.17. The fraction of sp³-hybridized carbons (Fsp3) is 0.579. The number of likely N-dealkylation sites (tertiary alicyclic amines) is 1. The number of carbonyl (C=O) groups is 1. The standard InChI is InChI=1S/C19H26N4OS/c1-14-3-2-8-23-18(14)17(13-20-23)19(24)21-15-4-9-22(10-5-15)16-6-11-25-12-7-16/h2-3,8,13,15-16H,4-7,9-12H2,1H3,(H,21,24). The molecule has 2 aliphatic rings. The average molecular weight is 359 g/mol. The zero-order chi connectivity index (χ0) is 17.2. The summed E-state index contributed by atoms with van der Waals surface area (Å²) in [6.07, 6.45) is 8.32. The number of rotatable bonds is 3. The highest BCUT2D eigenvalue weighted by Gasteiger charge is 2.27. The molecule has 1 amide bonds. The number of nitrogens with zero attached hydrogens (tertiary/aromatic N) is 3. The Morgan fingerprint density at radius 3 is 2.76 bits per heavy atom.